The largest absolute Gasteiger partial charge is 0.453 e. The SMILES string of the molecule is Cc1ccc2c(oc3c(-c4ccc5c(c4)-c4ccccc4[Si]5(C)C)c(C#N)cnc32)c1-c1cccc[n+]1C. The Bertz CT molecular complexity index is 1990. The molecule has 0 amide bonds. The van der Waals surface area contributed by atoms with Crippen molar-refractivity contribution in [2.45, 2.75) is 20.0 Å². The Morgan fingerprint density at radius 3 is 2.47 bits per heavy atom. The lowest BCUT2D eigenvalue weighted by atomic mass is 9.96. The van der Waals surface area contributed by atoms with Gasteiger partial charge in [-0.05, 0) is 57.8 Å². The summed E-state index contributed by atoms with van der Waals surface area (Å²) in [4.78, 5) is 4.73. The number of hydrogen-bond donors (Lipinski definition) is 0. The number of pyridine rings is 2. The lowest BCUT2D eigenvalue weighted by Gasteiger charge is -2.18. The molecule has 0 unspecified atom stereocenters. The van der Waals surface area contributed by atoms with Crippen molar-refractivity contribution in [2.75, 3.05) is 0 Å². The van der Waals surface area contributed by atoms with Crippen LogP contribution >= 0.6 is 0 Å². The summed E-state index contributed by atoms with van der Waals surface area (Å²) in [6.45, 7) is 6.93. The van der Waals surface area contributed by atoms with Crippen molar-refractivity contribution in [3.05, 3.63) is 96.3 Å². The highest BCUT2D eigenvalue weighted by molar-refractivity contribution is 7.03. The molecule has 7 rings (SSSR count). The summed E-state index contributed by atoms with van der Waals surface area (Å²) < 4.78 is 8.82. The molecule has 5 heteroatoms. The molecule has 0 bridgehead atoms. The fraction of sp³-hybridized carbons (Fsp3) is 0.121. The highest BCUT2D eigenvalue weighted by Crippen LogP contribution is 2.42. The maximum absolute atomic E-state index is 10.1. The molecule has 0 fully saturated rings. The van der Waals surface area contributed by atoms with Gasteiger partial charge in [-0.1, -0.05) is 55.6 Å². The van der Waals surface area contributed by atoms with Crippen LogP contribution in [-0.2, 0) is 7.05 Å². The normalized spacial score (nSPS) is 13.4. The summed E-state index contributed by atoms with van der Waals surface area (Å²) >= 11 is 0. The van der Waals surface area contributed by atoms with E-state index in [-0.39, 0.29) is 0 Å². The lowest BCUT2D eigenvalue weighted by molar-refractivity contribution is -0.660. The maximum Gasteiger partial charge on any atom is 0.216 e. The summed E-state index contributed by atoms with van der Waals surface area (Å²) in [5.74, 6) is 0. The van der Waals surface area contributed by atoms with Gasteiger partial charge in [0.25, 0.3) is 0 Å². The summed E-state index contributed by atoms with van der Waals surface area (Å²) in [5.41, 5.74) is 10.4. The van der Waals surface area contributed by atoms with Crippen molar-refractivity contribution < 1.29 is 8.98 Å². The van der Waals surface area contributed by atoms with E-state index in [4.69, 9.17) is 9.40 Å². The number of aryl methyl sites for hydroxylation is 2. The monoisotopic (exact) mass is 508 g/mol. The van der Waals surface area contributed by atoms with E-state index in [2.05, 4.69) is 91.3 Å². The first kappa shape index (κ1) is 22.6. The van der Waals surface area contributed by atoms with Crippen LogP contribution in [0.4, 0.5) is 0 Å². The molecule has 0 radical (unpaired) electrons. The molecule has 0 aliphatic carbocycles. The summed E-state index contributed by atoms with van der Waals surface area (Å²) in [6.07, 6.45) is 3.73. The minimum absolute atomic E-state index is 0.517. The number of aromatic nitrogens is 2. The molecule has 4 nitrogen and oxygen atoms in total. The van der Waals surface area contributed by atoms with Gasteiger partial charge >= 0.3 is 0 Å². The first-order valence-corrected chi connectivity index (χ1v) is 15.8. The van der Waals surface area contributed by atoms with Crippen LogP contribution in [-0.4, -0.2) is 13.1 Å². The van der Waals surface area contributed by atoms with E-state index in [0.29, 0.717) is 11.1 Å². The van der Waals surface area contributed by atoms with Crippen molar-refractivity contribution in [2.24, 2.45) is 7.05 Å². The van der Waals surface area contributed by atoms with Gasteiger partial charge < -0.3 is 4.42 Å². The zero-order chi connectivity index (χ0) is 26.2. The number of benzene rings is 3. The number of nitrogens with zero attached hydrogens (tertiary/aromatic N) is 3. The van der Waals surface area contributed by atoms with Crippen LogP contribution < -0.4 is 14.9 Å². The Balaban J connectivity index is 1.54. The van der Waals surface area contributed by atoms with E-state index in [0.717, 1.165) is 44.4 Å². The molecule has 0 saturated carbocycles. The molecule has 182 valence electrons. The Morgan fingerprint density at radius 1 is 0.868 bits per heavy atom. The van der Waals surface area contributed by atoms with Gasteiger partial charge in [0, 0.05) is 29.3 Å². The molecule has 3 aromatic heterocycles. The van der Waals surface area contributed by atoms with Crippen molar-refractivity contribution in [3.8, 4) is 39.6 Å². The third-order valence-corrected chi connectivity index (χ3v) is 11.7. The van der Waals surface area contributed by atoms with E-state index in [1.54, 1.807) is 6.20 Å². The van der Waals surface area contributed by atoms with Crippen molar-refractivity contribution in [1.29, 1.82) is 5.26 Å². The van der Waals surface area contributed by atoms with E-state index in [9.17, 15) is 5.26 Å². The Morgan fingerprint density at radius 2 is 1.66 bits per heavy atom. The first-order valence-electron chi connectivity index (χ1n) is 12.8. The Hall–Kier alpha value is -4.53. The van der Waals surface area contributed by atoms with Crippen LogP contribution in [0.15, 0.2) is 89.6 Å². The number of rotatable bonds is 2. The van der Waals surface area contributed by atoms with Crippen molar-refractivity contribution in [1.82, 2.24) is 4.98 Å². The van der Waals surface area contributed by atoms with E-state index in [1.165, 1.54) is 21.5 Å². The van der Waals surface area contributed by atoms with Crippen LogP contribution in [0.25, 0.3) is 55.6 Å². The molecule has 0 spiro atoms. The predicted molar refractivity (Wildman–Crippen MR) is 155 cm³/mol. The molecule has 0 atom stereocenters. The quantitative estimate of drug-likeness (QED) is 0.209. The van der Waals surface area contributed by atoms with Gasteiger partial charge in [0.15, 0.2) is 17.4 Å². The zero-order valence-corrected chi connectivity index (χ0v) is 22.8. The maximum atomic E-state index is 10.1. The van der Waals surface area contributed by atoms with Gasteiger partial charge in [-0.3, -0.25) is 4.98 Å². The minimum Gasteiger partial charge on any atom is -0.453 e. The Kier molecular flexibility index (Phi) is 4.76. The second-order valence-corrected chi connectivity index (χ2v) is 15.0. The Labute approximate surface area is 222 Å². The third-order valence-electron chi connectivity index (χ3n) is 8.16. The van der Waals surface area contributed by atoms with Crippen LogP contribution in [0.2, 0.25) is 13.1 Å². The lowest BCUT2D eigenvalue weighted by Crippen LogP contribution is -2.49. The molecule has 0 saturated heterocycles. The van der Waals surface area contributed by atoms with Crippen LogP contribution in [0.5, 0.6) is 0 Å². The predicted octanol–water partition coefficient (Wildman–Crippen LogP) is 6.12. The smallest absolute Gasteiger partial charge is 0.216 e. The molecule has 0 N–H and O–H groups in total. The van der Waals surface area contributed by atoms with Crippen LogP contribution in [0.3, 0.4) is 0 Å². The molecular formula is C33H26N3OSi+. The summed E-state index contributed by atoms with van der Waals surface area (Å²) in [6, 6.07) is 28.2. The molecule has 38 heavy (non-hydrogen) atoms. The van der Waals surface area contributed by atoms with E-state index < -0.39 is 8.07 Å². The average molecular weight is 509 g/mol. The van der Waals surface area contributed by atoms with E-state index >= 15 is 0 Å². The van der Waals surface area contributed by atoms with Crippen molar-refractivity contribution in [3.63, 3.8) is 0 Å². The van der Waals surface area contributed by atoms with Gasteiger partial charge in [0.1, 0.15) is 26.7 Å². The van der Waals surface area contributed by atoms with E-state index in [1.807, 2.05) is 25.4 Å². The van der Waals surface area contributed by atoms with Gasteiger partial charge in [0.2, 0.25) is 5.69 Å². The van der Waals surface area contributed by atoms with Gasteiger partial charge in [-0.2, -0.15) is 5.26 Å². The van der Waals surface area contributed by atoms with Crippen LogP contribution in [0, 0.1) is 18.3 Å². The average Bonchev–Trinajstić information content (AvgIpc) is 3.41. The second-order valence-electron chi connectivity index (χ2n) is 10.7. The highest BCUT2D eigenvalue weighted by Gasteiger charge is 2.37. The molecule has 1 aliphatic heterocycles. The molecule has 6 aromatic rings. The number of hydrogen-bond acceptors (Lipinski definition) is 3. The number of furan rings is 1. The van der Waals surface area contributed by atoms with Gasteiger partial charge in [0.05, 0.1) is 11.1 Å². The topological polar surface area (TPSA) is 53.7 Å². The molecular weight excluding hydrogens is 482 g/mol. The van der Waals surface area contributed by atoms with Crippen molar-refractivity contribution >= 4 is 40.5 Å². The minimum atomic E-state index is -1.77. The molecule has 1 aliphatic rings. The number of nitriles is 1. The second kappa shape index (κ2) is 7.98. The zero-order valence-electron chi connectivity index (χ0n) is 21.8. The molecule has 3 aromatic carbocycles. The summed E-state index contributed by atoms with van der Waals surface area (Å²) in [7, 11) is 0.275. The fourth-order valence-electron chi connectivity index (χ4n) is 6.21. The number of fused-ring (bicyclic) bond motifs is 6. The molecule has 4 heterocycles. The van der Waals surface area contributed by atoms with Gasteiger partial charge in [-0.15, -0.1) is 0 Å². The summed E-state index contributed by atoms with van der Waals surface area (Å²) in [5, 5.41) is 14.0. The third kappa shape index (κ3) is 3.01. The standard InChI is InChI=1S/C33H26N3OSi/c1-20-12-14-24-31-33(37-32(24)29(20)26-10-7-8-16-36(26)2)30(22(18-34)19-35-31)21-13-15-28-25(17-21)23-9-5-6-11-27(23)38(28,3)4/h5-17,19H,1-4H3/q+1. The highest BCUT2D eigenvalue weighted by atomic mass is 28.3. The fourth-order valence-corrected chi connectivity index (χ4v) is 9.28. The van der Waals surface area contributed by atoms with Crippen LogP contribution in [0.1, 0.15) is 11.1 Å². The van der Waals surface area contributed by atoms with Gasteiger partial charge in [-0.25, -0.2) is 4.57 Å². The first-order chi connectivity index (χ1) is 18.4.